The molecule has 1 atom stereocenters. The highest BCUT2D eigenvalue weighted by molar-refractivity contribution is 14.1. The molecule has 1 saturated carbocycles. The molecule has 0 heterocycles. The Labute approximate surface area is 143 Å². The van der Waals surface area contributed by atoms with E-state index >= 15 is 0 Å². The predicted molar refractivity (Wildman–Crippen MR) is 93.5 cm³/mol. The van der Waals surface area contributed by atoms with E-state index in [1.165, 1.54) is 12.8 Å². The van der Waals surface area contributed by atoms with E-state index in [0.717, 1.165) is 19.7 Å². The summed E-state index contributed by atoms with van der Waals surface area (Å²) in [5, 5.41) is 3.90. The van der Waals surface area contributed by atoms with Crippen molar-refractivity contribution in [2.75, 3.05) is 0 Å². The van der Waals surface area contributed by atoms with E-state index in [4.69, 9.17) is 11.6 Å². The molecule has 1 fully saturated rings. The van der Waals surface area contributed by atoms with E-state index in [0.29, 0.717) is 5.92 Å². The fourth-order valence-corrected chi connectivity index (χ4v) is 3.20. The molecule has 4 heteroatoms. The van der Waals surface area contributed by atoms with Crippen LogP contribution in [0.4, 0.5) is 0 Å². The quantitative estimate of drug-likeness (QED) is 0.718. The van der Waals surface area contributed by atoms with Crippen LogP contribution in [0.5, 0.6) is 0 Å². The van der Waals surface area contributed by atoms with Gasteiger partial charge in [0.05, 0.1) is 11.6 Å². The second-order valence-corrected chi connectivity index (χ2v) is 6.92. The van der Waals surface area contributed by atoms with Crippen LogP contribution in [-0.4, -0.2) is 5.91 Å². The number of hydrogen-bond acceptors (Lipinski definition) is 1. The van der Waals surface area contributed by atoms with Gasteiger partial charge in [0.1, 0.15) is 0 Å². The molecule has 0 radical (unpaired) electrons. The van der Waals surface area contributed by atoms with Gasteiger partial charge in [-0.05, 0) is 71.2 Å². The molecule has 2 aromatic rings. The van der Waals surface area contributed by atoms with Crippen LogP contribution in [0.15, 0.2) is 48.5 Å². The number of benzene rings is 2. The molecule has 2 aromatic carbocycles. The third-order valence-corrected chi connectivity index (χ3v) is 4.92. The van der Waals surface area contributed by atoms with Crippen LogP contribution in [0.1, 0.15) is 34.8 Å². The topological polar surface area (TPSA) is 29.1 Å². The summed E-state index contributed by atoms with van der Waals surface area (Å²) >= 11 is 8.14. The number of carbonyl (C=O) groups excluding carboxylic acids is 1. The van der Waals surface area contributed by atoms with Crippen LogP contribution >= 0.6 is 34.2 Å². The Morgan fingerprint density at radius 3 is 2.43 bits per heavy atom. The van der Waals surface area contributed by atoms with Gasteiger partial charge >= 0.3 is 0 Å². The minimum Gasteiger partial charge on any atom is -0.345 e. The molecular weight excluding hydrogens is 397 g/mol. The van der Waals surface area contributed by atoms with Crippen molar-refractivity contribution in [1.82, 2.24) is 5.32 Å². The van der Waals surface area contributed by atoms with Gasteiger partial charge in [-0.15, -0.1) is 0 Å². The van der Waals surface area contributed by atoms with Crippen LogP contribution < -0.4 is 5.32 Å². The van der Waals surface area contributed by atoms with E-state index in [9.17, 15) is 4.79 Å². The van der Waals surface area contributed by atoms with Crippen LogP contribution in [0, 0.1) is 9.49 Å². The molecule has 1 unspecified atom stereocenters. The Kier molecular flexibility index (Phi) is 4.50. The zero-order valence-electron chi connectivity index (χ0n) is 11.4. The standard InChI is InChI=1S/C17H15ClINO/c18-13-9-7-12(8-10-13)16(11-5-6-11)20-17(21)14-3-1-2-4-15(14)19/h1-4,7-11,16H,5-6H2,(H,20,21). The van der Waals surface area contributed by atoms with Crippen molar-refractivity contribution in [3.8, 4) is 0 Å². The molecule has 1 amide bonds. The number of hydrogen-bond donors (Lipinski definition) is 1. The number of rotatable bonds is 4. The SMILES string of the molecule is O=C(NC(c1ccc(Cl)cc1)C1CC1)c1ccccc1I. The molecule has 0 spiro atoms. The molecule has 108 valence electrons. The van der Waals surface area contributed by atoms with Crippen molar-refractivity contribution < 1.29 is 4.79 Å². The second kappa shape index (κ2) is 6.36. The highest BCUT2D eigenvalue weighted by atomic mass is 127. The molecule has 21 heavy (non-hydrogen) atoms. The van der Waals surface area contributed by atoms with E-state index in [-0.39, 0.29) is 11.9 Å². The van der Waals surface area contributed by atoms with Crippen molar-refractivity contribution in [2.45, 2.75) is 18.9 Å². The van der Waals surface area contributed by atoms with Crippen LogP contribution in [0.2, 0.25) is 5.02 Å². The lowest BCUT2D eigenvalue weighted by Gasteiger charge is -2.19. The summed E-state index contributed by atoms with van der Waals surface area (Å²) in [7, 11) is 0. The molecular formula is C17H15ClINO. The smallest absolute Gasteiger partial charge is 0.252 e. The maximum Gasteiger partial charge on any atom is 0.252 e. The van der Waals surface area contributed by atoms with Crippen LogP contribution in [-0.2, 0) is 0 Å². The average molecular weight is 412 g/mol. The van der Waals surface area contributed by atoms with E-state index in [1.54, 1.807) is 0 Å². The molecule has 3 rings (SSSR count). The first-order valence-corrected chi connectivity index (χ1v) is 8.41. The lowest BCUT2D eigenvalue weighted by atomic mass is 10.0. The van der Waals surface area contributed by atoms with E-state index < -0.39 is 0 Å². The van der Waals surface area contributed by atoms with Crippen molar-refractivity contribution in [3.05, 3.63) is 68.3 Å². The Hall–Kier alpha value is -1.07. The Balaban J connectivity index is 1.81. The molecule has 1 N–H and O–H groups in total. The Morgan fingerprint density at radius 1 is 1.14 bits per heavy atom. The van der Waals surface area contributed by atoms with Gasteiger partial charge in [-0.25, -0.2) is 0 Å². The number of amides is 1. The highest BCUT2D eigenvalue weighted by Crippen LogP contribution is 2.41. The van der Waals surface area contributed by atoms with Gasteiger partial charge in [-0.1, -0.05) is 35.9 Å². The number of carbonyl (C=O) groups is 1. The monoisotopic (exact) mass is 411 g/mol. The van der Waals surface area contributed by atoms with Gasteiger partial charge in [-0.2, -0.15) is 0 Å². The summed E-state index contributed by atoms with van der Waals surface area (Å²) in [6.45, 7) is 0. The minimum atomic E-state index is -0.00755. The lowest BCUT2D eigenvalue weighted by molar-refractivity contribution is 0.0931. The first-order valence-electron chi connectivity index (χ1n) is 6.96. The molecule has 0 aromatic heterocycles. The molecule has 0 bridgehead atoms. The van der Waals surface area contributed by atoms with Crippen LogP contribution in [0.25, 0.3) is 0 Å². The third kappa shape index (κ3) is 3.58. The summed E-state index contributed by atoms with van der Waals surface area (Å²) in [5.74, 6) is 0.531. The second-order valence-electron chi connectivity index (χ2n) is 5.32. The largest absolute Gasteiger partial charge is 0.345 e. The van der Waals surface area contributed by atoms with Crippen molar-refractivity contribution in [1.29, 1.82) is 0 Å². The summed E-state index contributed by atoms with van der Waals surface area (Å²) < 4.78 is 0.971. The fourth-order valence-electron chi connectivity index (χ4n) is 2.44. The molecule has 1 aliphatic carbocycles. The maximum atomic E-state index is 12.5. The summed E-state index contributed by atoms with van der Waals surface area (Å²) in [4.78, 5) is 12.5. The van der Waals surface area contributed by atoms with Gasteiger partial charge in [0.15, 0.2) is 0 Å². The third-order valence-electron chi connectivity index (χ3n) is 3.73. The summed E-state index contributed by atoms with van der Waals surface area (Å²) in [6.07, 6.45) is 2.33. The average Bonchev–Trinajstić information content (AvgIpc) is 3.31. The molecule has 0 saturated heterocycles. The normalized spacial score (nSPS) is 15.5. The minimum absolute atomic E-state index is 0.00755. The molecule has 2 nitrogen and oxygen atoms in total. The van der Waals surface area contributed by atoms with Crippen molar-refractivity contribution in [3.63, 3.8) is 0 Å². The van der Waals surface area contributed by atoms with Gasteiger partial charge in [-0.3, -0.25) is 4.79 Å². The van der Waals surface area contributed by atoms with Gasteiger partial charge in [0.2, 0.25) is 0 Å². The van der Waals surface area contributed by atoms with Crippen molar-refractivity contribution in [2.24, 2.45) is 5.92 Å². The lowest BCUT2D eigenvalue weighted by Crippen LogP contribution is -2.30. The van der Waals surface area contributed by atoms with Gasteiger partial charge in [0.25, 0.3) is 5.91 Å². The first-order chi connectivity index (χ1) is 10.1. The fraction of sp³-hybridized carbons (Fsp3) is 0.235. The Morgan fingerprint density at radius 2 is 1.81 bits per heavy atom. The van der Waals surface area contributed by atoms with E-state index in [2.05, 4.69) is 27.9 Å². The summed E-state index contributed by atoms with van der Waals surface area (Å²) in [5.41, 5.74) is 1.86. The zero-order valence-corrected chi connectivity index (χ0v) is 14.3. The van der Waals surface area contributed by atoms with Gasteiger partial charge < -0.3 is 5.32 Å². The highest BCUT2D eigenvalue weighted by Gasteiger charge is 2.33. The van der Waals surface area contributed by atoms with Crippen LogP contribution in [0.3, 0.4) is 0 Å². The molecule has 0 aliphatic heterocycles. The molecule has 1 aliphatic rings. The Bertz CT molecular complexity index is 652. The summed E-state index contributed by atoms with van der Waals surface area (Å²) in [6, 6.07) is 15.5. The predicted octanol–water partition coefficient (Wildman–Crippen LogP) is 4.83. The zero-order chi connectivity index (χ0) is 14.8. The van der Waals surface area contributed by atoms with E-state index in [1.807, 2.05) is 48.5 Å². The number of nitrogens with one attached hydrogen (secondary N) is 1. The maximum absolute atomic E-state index is 12.5. The van der Waals surface area contributed by atoms with Gasteiger partial charge in [0, 0.05) is 8.59 Å². The first kappa shape index (κ1) is 14.9. The number of halogens is 2. The van der Waals surface area contributed by atoms with Crippen molar-refractivity contribution >= 4 is 40.1 Å².